The van der Waals surface area contributed by atoms with E-state index in [1.54, 1.807) is 24.3 Å². The number of carbonyl (C=O) groups is 2. The van der Waals surface area contributed by atoms with Gasteiger partial charge in [-0.05, 0) is 24.3 Å². The summed E-state index contributed by atoms with van der Waals surface area (Å²) in [6.45, 7) is 1.87. The first-order chi connectivity index (χ1) is 7.58. The van der Waals surface area contributed by atoms with Gasteiger partial charge in [-0.15, -0.1) is 0 Å². The molecule has 1 aliphatic rings. The Hall–Kier alpha value is -1.000. The molecule has 0 aromatic heterocycles. The fourth-order valence-electron chi connectivity index (χ4n) is 1.55. The van der Waals surface area contributed by atoms with Crippen LogP contribution in [0.3, 0.4) is 0 Å². The molecular formula is C11H10ClNO2S. The predicted molar refractivity (Wildman–Crippen MR) is 66.0 cm³/mol. The molecule has 0 saturated carbocycles. The number of imide groups is 1. The zero-order chi connectivity index (χ0) is 11.7. The topological polar surface area (TPSA) is 37.4 Å². The van der Waals surface area contributed by atoms with E-state index in [-0.39, 0.29) is 16.4 Å². The maximum absolute atomic E-state index is 11.8. The summed E-state index contributed by atoms with van der Waals surface area (Å²) < 4.78 is 0. The third-order valence-corrected chi connectivity index (χ3v) is 3.49. The molecule has 1 aromatic carbocycles. The van der Waals surface area contributed by atoms with Gasteiger partial charge in [0.25, 0.3) is 5.24 Å². The minimum absolute atomic E-state index is 0.0588. The number of amides is 2. The van der Waals surface area contributed by atoms with Crippen LogP contribution in [0.5, 0.6) is 0 Å². The van der Waals surface area contributed by atoms with Crippen molar-refractivity contribution in [3.8, 4) is 0 Å². The van der Waals surface area contributed by atoms with Crippen LogP contribution in [-0.4, -0.2) is 16.4 Å². The Morgan fingerprint density at radius 2 is 1.94 bits per heavy atom. The van der Waals surface area contributed by atoms with Crippen LogP contribution in [0.2, 0.25) is 5.02 Å². The van der Waals surface area contributed by atoms with Gasteiger partial charge in [-0.25, -0.2) is 4.90 Å². The third kappa shape index (κ3) is 2.23. The van der Waals surface area contributed by atoms with Gasteiger partial charge in [0.05, 0.1) is 5.69 Å². The average molecular weight is 256 g/mol. The van der Waals surface area contributed by atoms with Crippen molar-refractivity contribution in [2.45, 2.75) is 18.6 Å². The molecule has 5 heteroatoms. The van der Waals surface area contributed by atoms with Crippen LogP contribution in [0.1, 0.15) is 13.3 Å². The van der Waals surface area contributed by atoms with E-state index >= 15 is 0 Å². The van der Waals surface area contributed by atoms with Crippen molar-refractivity contribution in [3.05, 3.63) is 29.3 Å². The Balaban J connectivity index is 2.29. The van der Waals surface area contributed by atoms with Gasteiger partial charge in [-0.1, -0.05) is 30.3 Å². The zero-order valence-corrected chi connectivity index (χ0v) is 10.2. The Labute approximate surface area is 103 Å². The normalized spacial score (nSPS) is 21.4. The lowest BCUT2D eigenvalue weighted by Gasteiger charge is -2.27. The smallest absolute Gasteiger partial charge is 0.274 e. The molecule has 1 heterocycles. The minimum atomic E-state index is -0.217. The fourth-order valence-corrected chi connectivity index (χ4v) is 2.55. The Bertz CT molecular complexity index is 414. The van der Waals surface area contributed by atoms with Gasteiger partial charge < -0.3 is 0 Å². The van der Waals surface area contributed by atoms with E-state index in [2.05, 4.69) is 0 Å². The number of hydrogen-bond acceptors (Lipinski definition) is 3. The molecule has 1 atom stereocenters. The van der Waals surface area contributed by atoms with Crippen molar-refractivity contribution in [2.75, 3.05) is 4.90 Å². The third-order valence-electron chi connectivity index (χ3n) is 2.28. The number of nitrogens with zero attached hydrogens (tertiary/aromatic N) is 1. The van der Waals surface area contributed by atoms with Gasteiger partial charge in [0.1, 0.15) is 0 Å². The van der Waals surface area contributed by atoms with Crippen LogP contribution in [0, 0.1) is 0 Å². The molecule has 2 rings (SSSR count). The van der Waals surface area contributed by atoms with Gasteiger partial charge in [-0.2, -0.15) is 0 Å². The summed E-state index contributed by atoms with van der Waals surface area (Å²) >= 11 is 6.94. The van der Waals surface area contributed by atoms with E-state index in [9.17, 15) is 9.59 Å². The lowest BCUT2D eigenvalue weighted by atomic mass is 10.2. The van der Waals surface area contributed by atoms with Gasteiger partial charge in [0.15, 0.2) is 0 Å². The molecule has 1 saturated heterocycles. The highest BCUT2D eigenvalue weighted by atomic mass is 35.5. The molecule has 1 aromatic rings. The quantitative estimate of drug-likeness (QED) is 0.773. The molecule has 1 fully saturated rings. The molecule has 0 aliphatic carbocycles. The summed E-state index contributed by atoms with van der Waals surface area (Å²) in [5.41, 5.74) is 0.582. The average Bonchev–Trinajstić information content (AvgIpc) is 2.19. The van der Waals surface area contributed by atoms with E-state index in [4.69, 9.17) is 11.6 Å². The van der Waals surface area contributed by atoms with Crippen LogP contribution < -0.4 is 4.90 Å². The molecule has 16 heavy (non-hydrogen) atoms. The molecule has 3 nitrogen and oxygen atoms in total. The van der Waals surface area contributed by atoms with Crippen LogP contribution in [-0.2, 0) is 4.79 Å². The standard InChI is InChI=1S/C11H10ClNO2S/c1-7-6-10(14)13(11(15)16-7)9-4-2-8(12)3-5-9/h2-5,7H,6H2,1H3. The Morgan fingerprint density at radius 1 is 1.31 bits per heavy atom. The van der Waals surface area contributed by atoms with Gasteiger partial charge >= 0.3 is 0 Å². The largest absolute Gasteiger partial charge is 0.293 e. The number of thioether (sulfide) groups is 1. The fraction of sp³-hybridized carbons (Fsp3) is 0.273. The summed E-state index contributed by atoms with van der Waals surface area (Å²) in [5.74, 6) is -0.154. The number of halogens is 1. The van der Waals surface area contributed by atoms with E-state index in [1.165, 1.54) is 16.7 Å². The molecule has 2 amide bonds. The highest BCUT2D eigenvalue weighted by Crippen LogP contribution is 2.30. The first-order valence-electron chi connectivity index (χ1n) is 4.87. The highest BCUT2D eigenvalue weighted by Gasteiger charge is 2.32. The Kier molecular flexibility index (Phi) is 3.21. The summed E-state index contributed by atoms with van der Waals surface area (Å²) in [5, 5.41) is 0.427. The molecule has 0 spiro atoms. The molecular weight excluding hydrogens is 246 g/mol. The molecule has 84 valence electrons. The maximum Gasteiger partial charge on any atom is 0.293 e. The number of carbonyl (C=O) groups excluding carboxylic acids is 2. The van der Waals surface area contributed by atoms with Gasteiger partial charge in [0.2, 0.25) is 5.91 Å². The number of benzene rings is 1. The van der Waals surface area contributed by atoms with Crippen LogP contribution in [0.4, 0.5) is 10.5 Å². The van der Waals surface area contributed by atoms with E-state index < -0.39 is 0 Å². The van der Waals surface area contributed by atoms with Crippen molar-refractivity contribution < 1.29 is 9.59 Å². The SMILES string of the molecule is CC1CC(=O)N(c2ccc(Cl)cc2)C(=O)S1. The second-order valence-corrected chi connectivity index (χ2v) is 5.43. The maximum atomic E-state index is 11.8. The van der Waals surface area contributed by atoms with Gasteiger partial charge in [-0.3, -0.25) is 9.59 Å². The molecule has 0 N–H and O–H groups in total. The second kappa shape index (κ2) is 4.47. The Morgan fingerprint density at radius 3 is 2.50 bits per heavy atom. The van der Waals surface area contributed by atoms with Crippen LogP contribution >= 0.6 is 23.4 Å². The van der Waals surface area contributed by atoms with Crippen LogP contribution in [0.25, 0.3) is 0 Å². The predicted octanol–water partition coefficient (Wildman–Crippen LogP) is 3.32. The molecule has 1 aliphatic heterocycles. The number of anilines is 1. The molecule has 0 radical (unpaired) electrons. The summed E-state index contributed by atoms with van der Waals surface area (Å²) in [4.78, 5) is 24.7. The van der Waals surface area contributed by atoms with Crippen molar-refractivity contribution in [1.82, 2.24) is 0 Å². The number of rotatable bonds is 1. The minimum Gasteiger partial charge on any atom is -0.274 e. The summed E-state index contributed by atoms with van der Waals surface area (Å²) in [6.07, 6.45) is 0.388. The van der Waals surface area contributed by atoms with Crippen molar-refractivity contribution >= 4 is 40.2 Å². The monoisotopic (exact) mass is 255 g/mol. The highest BCUT2D eigenvalue weighted by molar-refractivity contribution is 8.14. The van der Waals surface area contributed by atoms with E-state index in [0.717, 1.165) is 0 Å². The van der Waals surface area contributed by atoms with Crippen LogP contribution in [0.15, 0.2) is 24.3 Å². The van der Waals surface area contributed by atoms with E-state index in [0.29, 0.717) is 17.1 Å². The number of hydrogen-bond donors (Lipinski definition) is 0. The second-order valence-electron chi connectivity index (χ2n) is 3.60. The van der Waals surface area contributed by atoms with Crippen molar-refractivity contribution in [3.63, 3.8) is 0 Å². The zero-order valence-electron chi connectivity index (χ0n) is 8.64. The summed E-state index contributed by atoms with van der Waals surface area (Å²) in [7, 11) is 0. The summed E-state index contributed by atoms with van der Waals surface area (Å²) in [6, 6.07) is 6.68. The molecule has 1 unspecified atom stereocenters. The first-order valence-corrected chi connectivity index (χ1v) is 6.13. The van der Waals surface area contributed by atoms with Crippen molar-refractivity contribution in [2.24, 2.45) is 0 Å². The first kappa shape index (κ1) is 11.5. The molecule has 0 bridgehead atoms. The lowest BCUT2D eigenvalue weighted by molar-refractivity contribution is -0.117. The van der Waals surface area contributed by atoms with E-state index in [1.807, 2.05) is 6.92 Å². The lowest BCUT2D eigenvalue weighted by Crippen LogP contribution is -2.40. The van der Waals surface area contributed by atoms with Gasteiger partial charge in [0, 0.05) is 16.7 Å². The van der Waals surface area contributed by atoms with Crippen molar-refractivity contribution in [1.29, 1.82) is 0 Å².